The van der Waals surface area contributed by atoms with E-state index in [1.165, 1.54) is 0 Å². The lowest BCUT2D eigenvalue weighted by Gasteiger charge is -2.21. The molecule has 1 saturated heterocycles. The third kappa shape index (κ3) is 3.51. The van der Waals surface area contributed by atoms with Crippen LogP contribution in [0.1, 0.15) is 18.4 Å². The topological polar surface area (TPSA) is 44.5 Å². The van der Waals surface area contributed by atoms with Crippen molar-refractivity contribution in [1.82, 2.24) is 0 Å². The smallest absolute Gasteiger partial charge is 0.0717 e. The molecule has 0 spiro atoms. The highest BCUT2D eigenvalue weighted by Crippen LogP contribution is 2.16. The third-order valence-corrected chi connectivity index (χ3v) is 2.91. The first-order valence-electron chi connectivity index (χ1n) is 5.84. The van der Waals surface area contributed by atoms with Gasteiger partial charge in [-0.2, -0.15) is 0 Å². The molecular weight excluding hydrogens is 202 g/mol. The summed E-state index contributed by atoms with van der Waals surface area (Å²) < 4.78 is 11.0. The number of rotatable bonds is 4. The standard InChI is InChI=1S/C13H19NO2/c14-13-3-1-2-12(8-13)10-16-9-11-4-6-15-7-5-11/h1-3,8,11H,4-7,9-10,14H2. The summed E-state index contributed by atoms with van der Waals surface area (Å²) in [6.45, 7) is 3.25. The number of ether oxygens (including phenoxy) is 2. The van der Waals surface area contributed by atoms with Gasteiger partial charge in [0.2, 0.25) is 0 Å². The van der Waals surface area contributed by atoms with E-state index in [1.807, 2.05) is 24.3 Å². The van der Waals surface area contributed by atoms with Crippen molar-refractivity contribution in [2.24, 2.45) is 5.92 Å². The summed E-state index contributed by atoms with van der Waals surface area (Å²) in [5, 5.41) is 0. The van der Waals surface area contributed by atoms with Crippen LogP contribution in [-0.2, 0) is 16.1 Å². The minimum Gasteiger partial charge on any atom is -0.399 e. The van der Waals surface area contributed by atoms with Crippen LogP contribution in [0.15, 0.2) is 24.3 Å². The van der Waals surface area contributed by atoms with Gasteiger partial charge in [0.05, 0.1) is 13.2 Å². The molecule has 88 valence electrons. The SMILES string of the molecule is Nc1cccc(COCC2CCOCC2)c1. The van der Waals surface area contributed by atoms with E-state index < -0.39 is 0 Å². The molecule has 1 heterocycles. The molecule has 2 rings (SSSR count). The lowest BCUT2D eigenvalue weighted by Crippen LogP contribution is -2.20. The molecule has 0 radical (unpaired) electrons. The maximum absolute atomic E-state index is 5.70. The number of hydrogen-bond acceptors (Lipinski definition) is 3. The summed E-state index contributed by atoms with van der Waals surface area (Å²) in [6, 6.07) is 7.86. The van der Waals surface area contributed by atoms with Gasteiger partial charge in [-0.3, -0.25) is 0 Å². The van der Waals surface area contributed by atoms with Crippen molar-refractivity contribution in [2.45, 2.75) is 19.4 Å². The predicted octanol–water partition coefficient (Wildman–Crippen LogP) is 2.21. The van der Waals surface area contributed by atoms with Crippen LogP contribution in [0.5, 0.6) is 0 Å². The normalized spacial score (nSPS) is 17.5. The van der Waals surface area contributed by atoms with E-state index >= 15 is 0 Å². The largest absolute Gasteiger partial charge is 0.399 e. The van der Waals surface area contributed by atoms with Crippen LogP contribution in [0.25, 0.3) is 0 Å². The molecule has 1 fully saturated rings. The number of anilines is 1. The number of hydrogen-bond donors (Lipinski definition) is 1. The van der Waals surface area contributed by atoms with Crippen LogP contribution < -0.4 is 5.73 Å². The lowest BCUT2D eigenvalue weighted by molar-refractivity contribution is 0.0157. The van der Waals surface area contributed by atoms with Gasteiger partial charge in [-0.1, -0.05) is 12.1 Å². The highest BCUT2D eigenvalue weighted by Gasteiger charge is 2.13. The summed E-state index contributed by atoms with van der Waals surface area (Å²) >= 11 is 0. The molecule has 0 aromatic heterocycles. The van der Waals surface area contributed by atoms with Crippen LogP contribution in [-0.4, -0.2) is 19.8 Å². The molecule has 0 atom stereocenters. The van der Waals surface area contributed by atoms with Gasteiger partial charge in [-0.15, -0.1) is 0 Å². The van der Waals surface area contributed by atoms with Crippen LogP contribution >= 0.6 is 0 Å². The fourth-order valence-corrected chi connectivity index (χ4v) is 1.94. The molecular formula is C13H19NO2. The van der Waals surface area contributed by atoms with Crippen molar-refractivity contribution < 1.29 is 9.47 Å². The maximum Gasteiger partial charge on any atom is 0.0717 e. The zero-order valence-electron chi connectivity index (χ0n) is 9.52. The quantitative estimate of drug-likeness (QED) is 0.793. The molecule has 0 aliphatic carbocycles. The monoisotopic (exact) mass is 221 g/mol. The molecule has 1 aromatic carbocycles. The second-order valence-electron chi connectivity index (χ2n) is 4.32. The van der Waals surface area contributed by atoms with E-state index in [0.29, 0.717) is 12.5 Å². The summed E-state index contributed by atoms with van der Waals surface area (Å²) in [6.07, 6.45) is 2.24. The molecule has 1 aromatic rings. The van der Waals surface area contributed by atoms with E-state index in [4.69, 9.17) is 15.2 Å². The predicted molar refractivity (Wildman–Crippen MR) is 64.1 cm³/mol. The molecule has 1 aliphatic heterocycles. The molecule has 0 saturated carbocycles. The van der Waals surface area contributed by atoms with E-state index in [9.17, 15) is 0 Å². The van der Waals surface area contributed by atoms with Crippen LogP contribution in [0.4, 0.5) is 5.69 Å². The second kappa shape index (κ2) is 5.87. The Morgan fingerprint density at radius 1 is 1.31 bits per heavy atom. The minimum atomic E-state index is 0.655. The van der Waals surface area contributed by atoms with E-state index in [2.05, 4.69) is 0 Å². The lowest BCUT2D eigenvalue weighted by atomic mass is 10.0. The second-order valence-corrected chi connectivity index (χ2v) is 4.32. The van der Waals surface area contributed by atoms with Crippen molar-refractivity contribution >= 4 is 5.69 Å². The molecule has 0 unspecified atom stereocenters. The highest BCUT2D eigenvalue weighted by molar-refractivity contribution is 5.40. The fraction of sp³-hybridized carbons (Fsp3) is 0.538. The third-order valence-electron chi connectivity index (χ3n) is 2.91. The average molecular weight is 221 g/mol. The Balaban J connectivity index is 1.71. The molecule has 3 nitrogen and oxygen atoms in total. The van der Waals surface area contributed by atoms with Crippen molar-refractivity contribution in [3.05, 3.63) is 29.8 Å². The molecule has 2 N–H and O–H groups in total. The van der Waals surface area contributed by atoms with Gasteiger partial charge >= 0.3 is 0 Å². The first-order chi connectivity index (χ1) is 7.84. The van der Waals surface area contributed by atoms with Crippen LogP contribution in [0.2, 0.25) is 0 Å². The molecule has 0 bridgehead atoms. The van der Waals surface area contributed by atoms with Gasteiger partial charge in [-0.05, 0) is 36.5 Å². The van der Waals surface area contributed by atoms with E-state index in [1.54, 1.807) is 0 Å². The van der Waals surface area contributed by atoms with Gasteiger partial charge in [-0.25, -0.2) is 0 Å². The van der Waals surface area contributed by atoms with Gasteiger partial charge < -0.3 is 15.2 Å². The minimum absolute atomic E-state index is 0.655. The average Bonchev–Trinajstić information content (AvgIpc) is 2.30. The maximum atomic E-state index is 5.70. The Bertz CT molecular complexity index is 321. The van der Waals surface area contributed by atoms with Gasteiger partial charge in [0.1, 0.15) is 0 Å². The van der Waals surface area contributed by atoms with Crippen molar-refractivity contribution in [1.29, 1.82) is 0 Å². The van der Waals surface area contributed by atoms with E-state index in [-0.39, 0.29) is 0 Å². The van der Waals surface area contributed by atoms with Crippen molar-refractivity contribution in [3.63, 3.8) is 0 Å². The summed E-state index contributed by atoms with van der Waals surface area (Å²) in [5.41, 5.74) is 7.64. The Labute approximate surface area is 96.5 Å². The van der Waals surface area contributed by atoms with E-state index in [0.717, 1.165) is 43.9 Å². The van der Waals surface area contributed by atoms with Gasteiger partial charge in [0, 0.05) is 18.9 Å². The highest BCUT2D eigenvalue weighted by atomic mass is 16.5. The Hall–Kier alpha value is -1.06. The Morgan fingerprint density at radius 2 is 2.12 bits per heavy atom. The van der Waals surface area contributed by atoms with Crippen molar-refractivity contribution in [3.8, 4) is 0 Å². The fourth-order valence-electron chi connectivity index (χ4n) is 1.94. The molecule has 0 amide bonds. The van der Waals surface area contributed by atoms with Gasteiger partial charge in [0.25, 0.3) is 0 Å². The van der Waals surface area contributed by atoms with Crippen LogP contribution in [0, 0.1) is 5.92 Å². The first kappa shape index (κ1) is 11.4. The molecule has 16 heavy (non-hydrogen) atoms. The zero-order valence-corrected chi connectivity index (χ0v) is 9.52. The summed E-state index contributed by atoms with van der Waals surface area (Å²) in [7, 11) is 0. The zero-order chi connectivity index (χ0) is 11.2. The summed E-state index contributed by atoms with van der Waals surface area (Å²) in [5.74, 6) is 0.662. The molecule has 1 aliphatic rings. The Kier molecular flexibility index (Phi) is 4.19. The first-order valence-corrected chi connectivity index (χ1v) is 5.84. The number of nitrogen functional groups attached to an aromatic ring is 1. The molecule has 3 heteroatoms. The number of nitrogens with two attached hydrogens (primary N) is 1. The van der Waals surface area contributed by atoms with Gasteiger partial charge in [0.15, 0.2) is 0 Å². The van der Waals surface area contributed by atoms with Crippen molar-refractivity contribution in [2.75, 3.05) is 25.6 Å². The number of benzene rings is 1. The Morgan fingerprint density at radius 3 is 2.88 bits per heavy atom. The summed E-state index contributed by atoms with van der Waals surface area (Å²) in [4.78, 5) is 0. The van der Waals surface area contributed by atoms with Crippen LogP contribution in [0.3, 0.4) is 0 Å².